The van der Waals surface area contributed by atoms with Crippen LogP contribution in [0.5, 0.6) is 0 Å². The second kappa shape index (κ2) is 5.35. The lowest BCUT2D eigenvalue weighted by Gasteiger charge is -2.21. The van der Waals surface area contributed by atoms with Crippen molar-refractivity contribution in [2.75, 3.05) is 38.3 Å². The van der Waals surface area contributed by atoms with Crippen molar-refractivity contribution in [2.24, 2.45) is 0 Å². The Morgan fingerprint density at radius 3 is 2.50 bits per heavy atom. The smallest absolute Gasteiger partial charge is 0.339 e. The summed E-state index contributed by atoms with van der Waals surface area (Å²) in [5.74, 6) is -1.06. The summed E-state index contributed by atoms with van der Waals surface area (Å²) in [5, 5.41) is 9.06. The van der Waals surface area contributed by atoms with Gasteiger partial charge in [-0.3, -0.25) is 4.79 Å². The highest BCUT2D eigenvalue weighted by molar-refractivity contribution is 5.95. The standard InChI is InChI=1S/C11H16N4O3/c1-14(2)9(16)6-15(3)10-8(11(17)18)4-7(12)5-13-10/h4-5H,6,12H2,1-3H3,(H,17,18). The molecule has 0 radical (unpaired) electrons. The predicted octanol–water partition coefficient (Wildman–Crippen LogP) is -0.114. The molecular formula is C11H16N4O3. The summed E-state index contributed by atoms with van der Waals surface area (Å²) in [6.45, 7) is 0.0458. The van der Waals surface area contributed by atoms with Crippen LogP contribution in [-0.2, 0) is 4.79 Å². The number of rotatable bonds is 4. The van der Waals surface area contributed by atoms with Crippen molar-refractivity contribution in [3.8, 4) is 0 Å². The van der Waals surface area contributed by atoms with Gasteiger partial charge in [-0.15, -0.1) is 0 Å². The molecule has 0 spiro atoms. The summed E-state index contributed by atoms with van der Waals surface area (Å²) in [6.07, 6.45) is 1.36. The molecule has 0 aromatic carbocycles. The molecule has 1 heterocycles. The number of aromatic nitrogens is 1. The van der Waals surface area contributed by atoms with E-state index >= 15 is 0 Å². The molecule has 0 atom stereocenters. The molecule has 7 nitrogen and oxygen atoms in total. The van der Waals surface area contributed by atoms with Crippen LogP contribution in [0.25, 0.3) is 0 Å². The monoisotopic (exact) mass is 252 g/mol. The van der Waals surface area contributed by atoms with Crippen LogP contribution in [0.4, 0.5) is 11.5 Å². The summed E-state index contributed by atoms with van der Waals surface area (Å²) in [7, 11) is 4.86. The van der Waals surface area contributed by atoms with Gasteiger partial charge < -0.3 is 20.6 Å². The molecule has 3 N–H and O–H groups in total. The van der Waals surface area contributed by atoms with Crippen LogP contribution in [0.3, 0.4) is 0 Å². The Morgan fingerprint density at radius 1 is 1.39 bits per heavy atom. The van der Waals surface area contributed by atoms with Crippen molar-refractivity contribution in [1.29, 1.82) is 0 Å². The number of anilines is 2. The van der Waals surface area contributed by atoms with Crippen molar-refractivity contribution in [1.82, 2.24) is 9.88 Å². The molecule has 0 aliphatic heterocycles. The molecule has 98 valence electrons. The number of carbonyl (C=O) groups excluding carboxylic acids is 1. The van der Waals surface area contributed by atoms with E-state index in [9.17, 15) is 9.59 Å². The van der Waals surface area contributed by atoms with Gasteiger partial charge in [0.1, 0.15) is 11.4 Å². The van der Waals surface area contributed by atoms with Gasteiger partial charge in [0.15, 0.2) is 0 Å². The van der Waals surface area contributed by atoms with Crippen LogP contribution in [-0.4, -0.2) is 54.6 Å². The highest BCUT2D eigenvalue weighted by Gasteiger charge is 2.18. The van der Waals surface area contributed by atoms with E-state index in [0.717, 1.165) is 0 Å². The molecule has 0 saturated heterocycles. The normalized spacial score (nSPS) is 9.94. The summed E-state index contributed by atoms with van der Waals surface area (Å²) in [6, 6.07) is 1.32. The zero-order valence-corrected chi connectivity index (χ0v) is 10.5. The molecule has 0 unspecified atom stereocenters. The van der Waals surface area contributed by atoms with E-state index < -0.39 is 5.97 Å². The highest BCUT2D eigenvalue weighted by atomic mass is 16.4. The Kier molecular flexibility index (Phi) is 4.09. The molecule has 0 aliphatic carbocycles. The van der Waals surface area contributed by atoms with Gasteiger partial charge in [0, 0.05) is 21.1 Å². The van der Waals surface area contributed by atoms with E-state index in [1.54, 1.807) is 21.1 Å². The van der Waals surface area contributed by atoms with Gasteiger partial charge in [0.25, 0.3) is 0 Å². The Hall–Kier alpha value is -2.31. The van der Waals surface area contributed by atoms with Gasteiger partial charge in [0.2, 0.25) is 5.91 Å². The largest absolute Gasteiger partial charge is 0.478 e. The number of nitrogens with two attached hydrogens (primary N) is 1. The maximum atomic E-state index is 11.6. The summed E-state index contributed by atoms with van der Waals surface area (Å²) < 4.78 is 0. The first-order valence-electron chi connectivity index (χ1n) is 5.23. The first-order valence-corrected chi connectivity index (χ1v) is 5.23. The van der Waals surface area contributed by atoms with Crippen LogP contribution in [0.2, 0.25) is 0 Å². The first kappa shape index (κ1) is 13.8. The highest BCUT2D eigenvalue weighted by Crippen LogP contribution is 2.18. The SMILES string of the molecule is CN(C)C(=O)CN(C)c1ncc(N)cc1C(=O)O. The average molecular weight is 252 g/mol. The van der Waals surface area contributed by atoms with Crippen LogP contribution in [0.15, 0.2) is 12.3 Å². The van der Waals surface area contributed by atoms with E-state index in [1.807, 2.05) is 0 Å². The van der Waals surface area contributed by atoms with Crippen molar-refractivity contribution in [2.45, 2.75) is 0 Å². The van der Waals surface area contributed by atoms with Crippen molar-refractivity contribution >= 4 is 23.4 Å². The molecule has 7 heteroatoms. The Bertz CT molecular complexity index is 473. The molecule has 0 aliphatic rings. The van der Waals surface area contributed by atoms with E-state index in [2.05, 4.69) is 4.98 Å². The summed E-state index contributed by atoms with van der Waals surface area (Å²) in [4.78, 5) is 29.5. The maximum Gasteiger partial charge on any atom is 0.339 e. The minimum absolute atomic E-state index is 0.0240. The van der Waals surface area contributed by atoms with Gasteiger partial charge >= 0.3 is 5.97 Å². The molecule has 18 heavy (non-hydrogen) atoms. The second-order valence-corrected chi connectivity index (χ2v) is 4.09. The number of hydrogen-bond donors (Lipinski definition) is 2. The summed E-state index contributed by atoms with van der Waals surface area (Å²) >= 11 is 0. The van der Waals surface area contributed by atoms with Gasteiger partial charge in [-0.2, -0.15) is 0 Å². The molecular weight excluding hydrogens is 236 g/mol. The number of amides is 1. The van der Waals surface area contributed by atoms with E-state index in [0.29, 0.717) is 0 Å². The third-order valence-electron chi connectivity index (χ3n) is 2.35. The van der Waals surface area contributed by atoms with Crippen LogP contribution < -0.4 is 10.6 Å². The van der Waals surface area contributed by atoms with Gasteiger partial charge in [-0.1, -0.05) is 0 Å². The molecule has 1 aromatic heterocycles. The topological polar surface area (TPSA) is 99.8 Å². The number of hydrogen-bond acceptors (Lipinski definition) is 5. The third kappa shape index (κ3) is 3.09. The second-order valence-electron chi connectivity index (χ2n) is 4.09. The average Bonchev–Trinajstić information content (AvgIpc) is 2.28. The number of carbonyl (C=O) groups is 2. The fourth-order valence-corrected chi connectivity index (χ4v) is 1.35. The number of carboxylic acid groups (broad SMARTS) is 1. The number of carboxylic acids is 1. The molecule has 1 aromatic rings. The van der Waals surface area contributed by atoms with Gasteiger partial charge in [-0.25, -0.2) is 9.78 Å². The molecule has 1 amide bonds. The quantitative estimate of drug-likeness (QED) is 0.775. The third-order valence-corrected chi connectivity index (χ3v) is 2.35. The molecule has 1 rings (SSSR count). The number of aromatic carboxylic acids is 1. The lowest BCUT2D eigenvalue weighted by Crippen LogP contribution is -2.35. The minimum Gasteiger partial charge on any atom is -0.478 e. The Labute approximate surface area is 105 Å². The zero-order valence-electron chi connectivity index (χ0n) is 10.5. The lowest BCUT2D eigenvalue weighted by atomic mass is 10.2. The van der Waals surface area contributed by atoms with Crippen molar-refractivity contribution < 1.29 is 14.7 Å². The van der Waals surface area contributed by atoms with Gasteiger partial charge in [-0.05, 0) is 6.07 Å². The predicted molar refractivity (Wildman–Crippen MR) is 67.6 cm³/mol. The molecule has 0 saturated carbocycles. The van der Waals surface area contributed by atoms with E-state index in [1.165, 1.54) is 22.1 Å². The van der Waals surface area contributed by atoms with Crippen LogP contribution in [0.1, 0.15) is 10.4 Å². The van der Waals surface area contributed by atoms with E-state index in [4.69, 9.17) is 10.8 Å². The number of nitrogen functional groups attached to an aromatic ring is 1. The van der Waals surface area contributed by atoms with Gasteiger partial charge in [0.05, 0.1) is 18.4 Å². The number of nitrogens with zero attached hydrogens (tertiary/aromatic N) is 3. The Balaban J connectivity index is 3.02. The van der Waals surface area contributed by atoms with Crippen molar-refractivity contribution in [3.63, 3.8) is 0 Å². The number of pyridine rings is 1. The molecule has 0 bridgehead atoms. The molecule has 0 fully saturated rings. The van der Waals surface area contributed by atoms with Crippen molar-refractivity contribution in [3.05, 3.63) is 17.8 Å². The zero-order chi connectivity index (χ0) is 13.9. The summed E-state index contributed by atoms with van der Waals surface area (Å²) in [5.41, 5.74) is 5.74. The lowest BCUT2D eigenvalue weighted by molar-refractivity contribution is -0.127. The van der Waals surface area contributed by atoms with Crippen LogP contribution in [0, 0.1) is 0 Å². The number of likely N-dealkylation sites (N-methyl/N-ethyl adjacent to an activating group) is 2. The maximum absolute atomic E-state index is 11.6. The fraction of sp³-hybridized carbons (Fsp3) is 0.364. The van der Waals surface area contributed by atoms with E-state index in [-0.39, 0.29) is 29.5 Å². The minimum atomic E-state index is -1.13. The fourth-order valence-electron chi connectivity index (χ4n) is 1.35. The Morgan fingerprint density at radius 2 is 2.00 bits per heavy atom. The van der Waals surface area contributed by atoms with Crippen LogP contribution >= 0.6 is 0 Å². The first-order chi connectivity index (χ1) is 8.32.